The van der Waals surface area contributed by atoms with Crippen LogP contribution < -0.4 is 5.32 Å². The Morgan fingerprint density at radius 2 is 1.26 bits per heavy atom. The van der Waals surface area contributed by atoms with Crippen LogP contribution in [0.3, 0.4) is 0 Å². The summed E-state index contributed by atoms with van der Waals surface area (Å²) in [7, 11) is 0. The van der Waals surface area contributed by atoms with Gasteiger partial charge in [0, 0.05) is 6.42 Å². The van der Waals surface area contributed by atoms with Crippen LogP contribution >= 0.6 is 0 Å². The molecule has 3 aromatic rings. The SMILES string of the molecule is O=C(NC(Cc1ccccc1)C(=O)O)OCc1ccc(CCCc2ccccc2)cc1. The molecule has 0 aliphatic heterocycles. The van der Waals surface area contributed by atoms with Crippen molar-refractivity contribution in [2.75, 3.05) is 0 Å². The Morgan fingerprint density at radius 1 is 0.742 bits per heavy atom. The second-order valence-electron chi connectivity index (χ2n) is 7.46. The number of carboxylic acid groups (broad SMARTS) is 1. The van der Waals surface area contributed by atoms with Crippen LogP contribution in [0.15, 0.2) is 84.9 Å². The van der Waals surface area contributed by atoms with E-state index in [9.17, 15) is 14.7 Å². The van der Waals surface area contributed by atoms with Crippen molar-refractivity contribution in [1.82, 2.24) is 5.32 Å². The molecule has 0 aromatic heterocycles. The van der Waals surface area contributed by atoms with Crippen LogP contribution in [0.25, 0.3) is 0 Å². The Labute approximate surface area is 182 Å². The third-order valence-electron chi connectivity index (χ3n) is 5.04. The summed E-state index contributed by atoms with van der Waals surface area (Å²) in [5.74, 6) is -1.10. The van der Waals surface area contributed by atoms with E-state index in [4.69, 9.17) is 4.74 Å². The first kappa shape index (κ1) is 22.1. The van der Waals surface area contributed by atoms with Gasteiger partial charge < -0.3 is 15.2 Å². The van der Waals surface area contributed by atoms with Crippen LogP contribution in [-0.4, -0.2) is 23.2 Å². The molecule has 0 bridgehead atoms. The number of alkyl carbamates (subject to hydrolysis) is 1. The third kappa shape index (κ3) is 7.63. The van der Waals surface area contributed by atoms with Gasteiger partial charge in [-0.3, -0.25) is 0 Å². The molecule has 0 aliphatic rings. The molecule has 1 amide bonds. The highest BCUT2D eigenvalue weighted by molar-refractivity contribution is 5.80. The number of hydrogen-bond donors (Lipinski definition) is 2. The first-order valence-corrected chi connectivity index (χ1v) is 10.4. The zero-order valence-electron chi connectivity index (χ0n) is 17.4. The highest BCUT2D eigenvalue weighted by atomic mass is 16.5. The summed E-state index contributed by atoms with van der Waals surface area (Å²) >= 11 is 0. The van der Waals surface area contributed by atoms with Crippen molar-refractivity contribution in [2.45, 2.75) is 38.3 Å². The third-order valence-corrected chi connectivity index (χ3v) is 5.04. The molecule has 0 saturated heterocycles. The van der Waals surface area contributed by atoms with E-state index in [2.05, 4.69) is 29.6 Å². The van der Waals surface area contributed by atoms with Gasteiger partial charge in [-0.2, -0.15) is 0 Å². The summed E-state index contributed by atoms with van der Waals surface area (Å²) in [5.41, 5.74) is 4.26. The first-order valence-electron chi connectivity index (χ1n) is 10.4. The Morgan fingerprint density at radius 3 is 1.84 bits per heavy atom. The van der Waals surface area contributed by atoms with Crippen LogP contribution in [0.1, 0.15) is 28.7 Å². The van der Waals surface area contributed by atoms with Crippen LogP contribution in [0.5, 0.6) is 0 Å². The molecule has 160 valence electrons. The predicted octanol–water partition coefficient (Wildman–Crippen LogP) is 4.78. The molecule has 0 spiro atoms. The summed E-state index contributed by atoms with van der Waals surface area (Å²) in [6, 6.07) is 26.5. The Bertz CT molecular complexity index is 956. The van der Waals surface area contributed by atoms with Gasteiger partial charge in [0.1, 0.15) is 12.6 Å². The molecule has 5 heteroatoms. The van der Waals surface area contributed by atoms with Gasteiger partial charge in [0.15, 0.2) is 0 Å². The van der Waals surface area contributed by atoms with E-state index < -0.39 is 18.1 Å². The molecule has 3 aromatic carbocycles. The molecule has 31 heavy (non-hydrogen) atoms. The van der Waals surface area contributed by atoms with Gasteiger partial charge in [-0.1, -0.05) is 84.9 Å². The largest absolute Gasteiger partial charge is 0.480 e. The van der Waals surface area contributed by atoms with Crippen molar-refractivity contribution in [3.8, 4) is 0 Å². The number of nitrogens with one attached hydrogen (secondary N) is 1. The minimum Gasteiger partial charge on any atom is -0.480 e. The lowest BCUT2D eigenvalue weighted by atomic mass is 10.0. The highest BCUT2D eigenvalue weighted by Gasteiger charge is 2.21. The fourth-order valence-corrected chi connectivity index (χ4v) is 3.33. The van der Waals surface area contributed by atoms with Gasteiger partial charge in [-0.25, -0.2) is 9.59 Å². The fraction of sp³-hybridized carbons (Fsp3) is 0.231. The number of hydrogen-bond acceptors (Lipinski definition) is 3. The van der Waals surface area contributed by atoms with E-state index in [1.807, 2.05) is 60.7 Å². The van der Waals surface area contributed by atoms with Gasteiger partial charge in [-0.05, 0) is 41.5 Å². The molecule has 3 rings (SSSR count). The average molecular weight is 418 g/mol. The maximum absolute atomic E-state index is 12.1. The lowest BCUT2D eigenvalue weighted by Gasteiger charge is -2.15. The molecule has 0 saturated carbocycles. The number of benzene rings is 3. The van der Waals surface area contributed by atoms with Crippen LogP contribution in [0.2, 0.25) is 0 Å². The zero-order valence-corrected chi connectivity index (χ0v) is 17.4. The van der Waals surface area contributed by atoms with Crippen LogP contribution in [0, 0.1) is 0 Å². The fourth-order valence-electron chi connectivity index (χ4n) is 3.33. The second kappa shape index (κ2) is 11.6. The number of aliphatic carboxylic acids is 1. The topological polar surface area (TPSA) is 75.6 Å². The van der Waals surface area contributed by atoms with Crippen molar-refractivity contribution in [2.24, 2.45) is 0 Å². The summed E-state index contributed by atoms with van der Waals surface area (Å²) < 4.78 is 5.21. The van der Waals surface area contributed by atoms with Crippen molar-refractivity contribution >= 4 is 12.1 Å². The molecule has 0 radical (unpaired) electrons. The highest BCUT2D eigenvalue weighted by Crippen LogP contribution is 2.11. The zero-order chi connectivity index (χ0) is 21.9. The van der Waals surface area contributed by atoms with Gasteiger partial charge in [0.05, 0.1) is 0 Å². The summed E-state index contributed by atoms with van der Waals surface area (Å²) in [4.78, 5) is 23.5. The molecule has 0 aliphatic carbocycles. The Kier molecular flexibility index (Phi) is 8.23. The molecule has 2 N–H and O–H groups in total. The van der Waals surface area contributed by atoms with Crippen molar-refractivity contribution < 1.29 is 19.4 Å². The monoisotopic (exact) mass is 417 g/mol. The lowest BCUT2D eigenvalue weighted by molar-refractivity contribution is -0.139. The maximum atomic E-state index is 12.1. The number of rotatable bonds is 10. The predicted molar refractivity (Wildman–Crippen MR) is 120 cm³/mol. The molecule has 0 heterocycles. The van der Waals surface area contributed by atoms with Crippen LogP contribution in [0.4, 0.5) is 4.79 Å². The number of ether oxygens (including phenoxy) is 1. The standard InChI is InChI=1S/C26H27NO4/c28-25(29)24(18-22-10-5-2-6-11-22)27-26(30)31-19-23-16-14-21(15-17-23)13-7-12-20-8-3-1-4-9-20/h1-6,8-11,14-17,24H,7,12-13,18-19H2,(H,27,30)(H,28,29). The molecule has 0 fully saturated rings. The van der Waals surface area contributed by atoms with Crippen LogP contribution in [-0.2, 0) is 35.4 Å². The van der Waals surface area contributed by atoms with Gasteiger partial charge in [0.2, 0.25) is 0 Å². The molecule has 1 unspecified atom stereocenters. The van der Waals surface area contributed by atoms with Gasteiger partial charge >= 0.3 is 12.1 Å². The number of aryl methyl sites for hydroxylation is 2. The molecule has 5 nitrogen and oxygen atoms in total. The van der Waals surface area contributed by atoms with E-state index >= 15 is 0 Å². The van der Waals surface area contributed by atoms with E-state index in [1.165, 1.54) is 11.1 Å². The molecular weight excluding hydrogens is 390 g/mol. The smallest absolute Gasteiger partial charge is 0.408 e. The molecular formula is C26H27NO4. The van der Waals surface area contributed by atoms with E-state index in [0.29, 0.717) is 0 Å². The first-order chi connectivity index (χ1) is 15.1. The summed E-state index contributed by atoms with van der Waals surface area (Å²) in [6.07, 6.45) is 2.55. The summed E-state index contributed by atoms with van der Waals surface area (Å²) in [6.45, 7) is 0.0911. The number of carboxylic acids is 1. The summed E-state index contributed by atoms with van der Waals surface area (Å²) in [5, 5.41) is 11.8. The number of amides is 1. The Balaban J connectivity index is 1.42. The minimum atomic E-state index is -1.10. The normalized spacial score (nSPS) is 11.5. The lowest BCUT2D eigenvalue weighted by Crippen LogP contribution is -2.42. The van der Waals surface area contributed by atoms with E-state index in [1.54, 1.807) is 0 Å². The second-order valence-corrected chi connectivity index (χ2v) is 7.46. The van der Waals surface area contributed by atoms with Crippen molar-refractivity contribution in [3.05, 3.63) is 107 Å². The average Bonchev–Trinajstić information content (AvgIpc) is 2.79. The van der Waals surface area contributed by atoms with Gasteiger partial charge in [-0.15, -0.1) is 0 Å². The van der Waals surface area contributed by atoms with Crippen molar-refractivity contribution in [3.63, 3.8) is 0 Å². The maximum Gasteiger partial charge on any atom is 0.408 e. The number of carbonyl (C=O) groups is 2. The Hall–Kier alpha value is -3.60. The minimum absolute atomic E-state index is 0.0911. The van der Waals surface area contributed by atoms with Gasteiger partial charge in [0.25, 0.3) is 0 Å². The van der Waals surface area contributed by atoms with Crippen molar-refractivity contribution in [1.29, 1.82) is 0 Å². The van der Waals surface area contributed by atoms with E-state index in [0.717, 1.165) is 30.4 Å². The van der Waals surface area contributed by atoms with E-state index in [-0.39, 0.29) is 13.0 Å². The molecule has 1 atom stereocenters. The number of carbonyl (C=O) groups excluding carboxylic acids is 1. The quantitative estimate of drug-likeness (QED) is 0.498.